The molecule has 0 spiro atoms. The molecule has 17 heavy (non-hydrogen) atoms. The standard InChI is InChI=1S/C13H9BrClNO/c14-10-1-6-13(9(7-10)8-17)16-12-4-2-11(15)3-5-12/h1-8,16H. The second-order valence-corrected chi connectivity index (χ2v) is 4.83. The summed E-state index contributed by atoms with van der Waals surface area (Å²) >= 11 is 9.13. The van der Waals surface area contributed by atoms with Gasteiger partial charge in [-0.05, 0) is 42.5 Å². The average molecular weight is 311 g/mol. The molecule has 86 valence electrons. The van der Waals surface area contributed by atoms with Crippen molar-refractivity contribution in [1.82, 2.24) is 0 Å². The summed E-state index contributed by atoms with van der Waals surface area (Å²) in [4.78, 5) is 10.9. The van der Waals surface area contributed by atoms with Crippen molar-refractivity contribution in [3.05, 3.63) is 57.5 Å². The number of hydrogen-bond donors (Lipinski definition) is 1. The fraction of sp³-hybridized carbons (Fsp3) is 0. The van der Waals surface area contributed by atoms with Gasteiger partial charge >= 0.3 is 0 Å². The zero-order chi connectivity index (χ0) is 12.3. The van der Waals surface area contributed by atoms with Crippen LogP contribution in [0.15, 0.2) is 46.9 Å². The van der Waals surface area contributed by atoms with E-state index in [0.717, 1.165) is 22.1 Å². The number of hydrogen-bond acceptors (Lipinski definition) is 2. The quantitative estimate of drug-likeness (QED) is 0.835. The summed E-state index contributed by atoms with van der Waals surface area (Å²) in [5.41, 5.74) is 2.26. The first kappa shape index (κ1) is 12.1. The number of anilines is 2. The van der Waals surface area contributed by atoms with Crippen LogP contribution in [0.3, 0.4) is 0 Å². The molecule has 0 heterocycles. The molecule has 2 aromatic carbocycles. The molecule has 0 aliphatic heterocycles. The van der Waals surface area contributed by atoms with Crippen LogP contribution >= 0.6 is 27.5 Å². The molecule has 0 unspecified atom stereocenters. The predicted molar refractivity (Wildman–Crippen MR) is 74.3 cm³/mol. The van der Waals surface area contributed by atoms with E-state index >= 15 is 0 Å². The summed E-state index contributed by atoms with van der Waals surface area (Å²) in [6.45, 7) is 0. The lowest BCUT2D eigenvalue weighted by Crippen LogP contribution is -1.94. The minimum atomic E-state index is 0.606. The maximum absolute atomic E-state index is 10.9. The Morgan fingerprint density at radius 1 is 1.12 bits per heavy atom. The van der Waals surface area contributed by atoms with Crippen LogP contribution in [-0.2, 0) is 0 Å². The highest BCUT2D eigenvalue weighted by molar-refractivity contribution is 9.10. The van der Waals surface area contributed by atoms with Gasteiger partial charge in [-0.3, -0.25) is 4.79 Å². The monoisotopic (exact) mass is 309 g/mol. The molecule has 2 nitrogen and oxygen atoms in total. The van der Waals surface area contributed by atoms with Crippen molar-refractivity contribution >= 4 is 45.2 Å². The highest BCUT2D eigenvalue weighted by Crippen LogP contribution is 2.24. The highest BCUT2D eigenvalue weighted by Gasteiger charge is 2.02. The molecule has 2 aromatic rings. The molecular weight excluding hydrogens is 302 g/mol. The molecule has 0 aliphatic rings. The largest absolute Gasteiger partial charge is 0.355 e. The minimum absolute atomic E-state index is 0.606. The zero-order valence-electron chi connectivity index (χ0n) is 8.78. The second kappa shape index (κ2) is 5.34. The topological polar surface area (TPSA) is 29.1 Å². The first-order chi connectivity index (χ1) is 8.19. The Bertz CT molecular complexity index is 540. The molecule has 0 bridgehead atoms. The third-order valence-electron chi connectivity index (χ3n) is 2.26. The summed E-state index contributed by atoms with van der Waals surface area (Å²) in [5, 5.41) is 3.85. The lowest BCUT2D eigenvalue weighted by Gasteiger charge is -2.09. The van der Waals surface area contributed by atoms with Gasteiger partial charge < -0.3 is 5.32 Å². The molecule has 0 aromatic heterocycles. The number of nitrogens with one attached hydrogen (secondary N) is 1. The smallest absolute Gasteiger partial charge is 0.152 e. The third-order valence-corrected chi connectivity index (χ3v) is 3.01. The Labute approximate surface area is 113 Å². The second-order valence-electron chi connectivity index (χ2n) is 3.48. The first-order valence-electron chi connectivity index (χ1n) is 4.96. The molecule has 4 heteroatoms. The molecule has 0 radical (unpaired) electrons. The third kappa shape index (κ3) is 3.08. The van der Waals surface area contributed by atoms with Crippen LogP contribution in [0.1, 0.15) is 10.4 Å². The van der Waals surface area contributed by atoms with Crippen LogP contribution in [0, 0.1) is 0 Å². The molecule has 0 amide bonds. The summed E-state index contributed by atoms with van der Waals surface area (Å²) in [5.74, 6) is 0. The number of carbonyl (C=O) groups is 1. The van der Waals surface area contributed by atoms with Crippen molar-refractivity contribution in [3.63, 3.8) is 0 Å². The van der Waals surface area contributed by atoms with E-state index in [0.29, 0.717) is 10.6 Å². The first-order valence-corrected chi connectivity index (χ1v) is 6.13. The van der Waals surface area contributed by atoms with E-state index in [1.54, 1.807) is 18.2 Å². The van der Waals surface area contributed by atoms with Gasteiger partial charge in [0.05, 0.1) is 0 Å². The zero-order valence-corrected chi connectivity index (χ0v) is 11.1. The van der Waals surface area contributed by atoms with Gasteiger partial charge in [-0.15, -0.1) is 0 Å². The van der Waals surface area contributed by atoms with Crippen molar-refractivity contribution in [1.29, 1.82) is 0 Å². The molecular formula is C13H9BrClNO. The lowest BCUT2D eigenvalue weighted by molar-refractivity contribution is 0.112. The molecule has 0 atom stereocenters. The van der Waals surface area contributed by atoms with E-state index in [1.807, 2.05) is 24.3 Å². The molecule has 0 aliphatic carbocycles. The van der Waals surface area contributed by atoms with Gasteiger partial charge in [0.1, 0.15) is 0 Å². The number of aldehydes is 1. The van der Waals surface area contributed by atoms with Crippen molar-refractivity contribution in [2.45, 2.75) is 0 Å². The van der Waals surface area contributed by atoms with Crippen molar-refractivity contribution < 1.29 is 4.79 Å². The Morgan fingerprint density at radius 2 is 1.82 bits per heavy atom. The molecule has 2 rings (SSSR count). The van der Waals surface area contributed by atoms with E-state index < -0.39 is 0 Å². The predicted octanol–water partition coefficient (Wildman–Crippen LogP) is 4.66. The summed E-state index contributed by atoms with van der Waals surface area (Å²) in [7, 11) is 0. The van der Waals surface area contributed by atoms with Crippen molar-refractivity contribution in [2.75, 3.05) is 5.32 Å². The Balaban J connectivity index is 2.29. The number of benzene rings is 2. The van der Waals surface area contributed by atoms with Gasteiger partial charge in [0.25, 0.3) is 0 Å². The summed E-state index contributed by atoms with van der Waals surface area (Å²) in [6, 6.07) is 12.8. The van der Waals surface area contributed by atoms with Crippen LogP contribution in [0.4, 0.5) is 11.4 Å². The fourth-order valence-electron chi connectivity index (χ4n) is 1.43. The molecule has 0 saturated carbocycles. The van der Waals surface area contributed by atoms with E-state index in [1.165, 1.54) is 0 Å². The molecule has 1 N–H and O–H groups in total. The van der Waals surface area contributed by atoms with E-state index in [9.17, 15) is 4.79 Å². The van der Waals surface area contributed by atoms with E-state index in [4.69, 9.17) is 11.6 Å². The fourth-order valence-corrected chi connectivity index (χ4v) is 1.94. The van der Waals surface area contributed by atoms with Crippen LogP contribution in [0.25, 0.3) is 0 Å². The van der Waals surface area contributed by atoms with Crippen LogP contribution < -0.4 is 5.32 Å². The van der Waals surface area contributed by atoms with Gasteiger partial charge in [0.2, 0.25) is 0 Å². The highest BCUT2D eigenvalue weighted by atomic mass is 79.9. The van der Waals surface area contributed by atoms with Gasteiger partial charge in [-0.1, -0.05) is 27.5 Å². The van der Waals surface area contributed by atoms with Gasteiger partial charge in [0, 0.05) is 26.4 Å². The van der Waals surface area contributed by atoms with E-state index in [2.05, 4.69) is 21.2 Å². The van der Waals surface area contributed by atoms with Gasteiger partial charge in [-0.2, -0.15) is 0 Å². The number of carbonyl (C=O) groups excluding carboxylic acids is 1. The average Bonchev–Trinajstić information content (AvgIpc) is 2.34. The van der Waals surface area contributed by atoms with Crippen LogP contribution in [-0.4, -0.2) is 6.29 Å². The van der Waals surface area contributed by atoms with Crippen LogP contribution in [0.2, 0.25) is 5.02 Å². The van der Waals surface area contributed by atoms with Crippen molar-refractivity contribution in [2.24, 2.45) is 0 Å². The Kier molecular flexibility index (Phi) is 3.82. The molecule has 0 saturated heterocycles. The summed E-state index contributed by atoms with van der Waals surface area (Å²) < 4.78 is 0.876. The minimum Gasteiger partial charge on any atom is -0.355 e. The number of rotatable bonds is 3. The van der Waals surface area contributed by atoms with Crippen molar-refractivity contribution in [3.8, 4) is 0 Å². The normalized spacial score (nSPS) is 10.0. The SMILES string of the molecule is O=Cc1cc(Br)ccc1Nc1ccc(Cl)cc1. The Morgan fingerprint density at radius 3 is 2.47 bits per heavy atom. The maximum atomic E-state index is 10.9. The van der Waals surface area contributed by atoms with Crippen LogP contribution in [0.5, 0.6) is 0 Å². The molecule has 0 fully saturated rings. The lowest BCUT2D eigenvalue weighted by atomic mass is 10.2. The number of halogens is 2. The van der Waals surface area contributed by atoms with Gasteiger partial charge in [0.15, 0.2) is 6.29 Å². The Hall–Kier alpha value is -1.32. The summed E-state index contributed by atoms with van der Waals surface area (Å²) in [6.07, 6.45) is 0.822. The maximum Gasteiger partial charge on any atom is 0.152 e. The van der Waals surface area contributed by atoms with Gasteiger partial charge in [-0.25, -0.2) is 0 Å². The van der Waals surface area contributed by atoms with E-state index in [-0.39, 0.29) is 0 Å².